The van der Waals surface area contributed by atoms with E-state index in [2.05, 4.69) is 0 Å². The van der Waals surface area contributed by atoms with Crippen molar-refractivity contribution in [3.05, 3.63) is 35.7 Å². The standard InChI is InChI=1S/C9H9O/c10-9-3-1-2-8(6-9)7-4-5-7/h1-3,6,10H,4-5H2. The molecule has 51 valence electrons. The van der Waals surface area contributed by atoms with Crippen LogP contribution in [0, 0.1) is 5.92 Å². The summed E-state index contributed by atoms with van der Waals surface area (Å²) >= 11 is 0. The van der Waals surface area contributed by atoms with Crippen LogP contribution in [0.5, 0.6) is 5.75 Å². The maximum absolute atomic E-state index is 9.08. The fourth-order valence-electron chi connectivity index (χ4n) is 1.08. The molecule has 0 aromatic heterocycles. The highest BCUT2D eigenvalue weighted by Gasteiger charge is 2.24. The zero-order chi connectivity index (χ0) is 6.97. The average Bonchev–Trinajstić information content (AvgIpc) is 2.68. The Kier molecular flexibility index (Phi) is 1.16. The van der Waals surface area contributed by atoms with E-state index in [4.69, 9.17) is 5.11 Å². The fraction of sp³-hybridized carbons (Fsp3) is 0.222. The average molecular weight is 133 g/mol. The molecule has 1 nitrogen and oxygen atoms in total. The minimum Gasteiger partial charge on any atom is -0.508 e. The van der Waals surface area contributed by atoms with Gasteiger partial charge in [-0.2, -0.15) is 0 Å². The van der Waals surface area contributed by atoms with Gasteiger partial charge in [-0.1, -0.05) is 12.1 Å². The summed E-state index contributed by atoms with van der Waals surface area (Å²) in [4.78, 5) is 0. The molecular weight excluding hydrogens is 124 g/mol. The van der Waals surface area contributed by atoms with Gasteiger partial charge < -0.3 is 5.11 Å². The van der Waals surface area contributed by atoms with Gasteiger partial charge >= 0.3 is 0 Å². The van der Waals surface area contributed by atoms with E-state index in [1.165, 1.54) is 24.3 Å². The Morgan fingerprint density at radius 1 is 1.20 bits per heavy atom. The van der Waals surface area contributed by atoms with Gasteiger partial charge in [0, 0.05) is 5.92 Å². The molecule has 2 rings (SSSR count). The Bertz CT molecular complexity index is 238. The number of aromatic hydroxyl groups is 1. The zero-order valence-corrected chi connectivity index (χ0v) is 5.67. The van der Waals surface area contributed by atoms with E-state index < -0.39 is 0 Å². The van der Waals surface area contributed by atoms with E-state index in [0.717, 1.165) is 0 Å². The van der Waals surface area contributed by atoms with Gasteiger partial charge in [-0.25, -0.2) is 0 Å². The molecule has 0 aliphatic heterocycles. The minimum atomic E-state index is 0.372. The van der Waals surface area contributed by atoms with Crippen LogP contribution in [0.2, 0.25) is 0 Å². The van der Waals surface area contributed by atoms with Gasteiger partial charge in [-0.05, 0) is 30.5 Å². The van der Waals surface area contributed by atoms with Crippen LogP contribution >= 0.6 is 0 Å². The quantitative estimate of drug-likeness (QED) is 0.622. The lowest BCUT2D eigenvalue weighted by Gasteiger charge is -1.95. The molecule has 0 heterocycles. The van der Waals surface area contributed by atoms with Gasteiger partial charge in [0.05, 0.1) is 0 Å². The zero-order valence-electron chi connectivity index (χ0n) is 5.67. The molecule has 0 saturated heterocycles. The second-order valence-electron chi connectivity index (χ2n) is 2.65. The Balaban J connectivity index is 2.32. The van der Waals surface area contributed by atoms with Gasteiger partial charge in [0.15, 0.2) is 0 Å². The molecule has 1 fully saturated rings. The highest BCUT2D eigenvalue weighted by Crippen LogP contribution is 2.39. The first kappa shape index (κ1) is 5.78. The van der Waals surface area contributed by atoms with Crippen molar-refractivity contribution >= 4 is 0 Å². The molecule has 1 heteroatoms. The molecule has 0 spiro atoms. The minimum absolute atomic E-state index is 0.372. The predicted molar refractivity (Wildman–Crippen MR) is 39.7 cm³/mol. The van der Waals surface area contributed by atoms with Crippen molar-refractivity contribution in [3.8, 4) is 5.75 Å². The van der Waals surface area contributed by atoms with Crippen LogP contribution in [0.3, 0.4) is 0 Å². The molecule has 10 heavy (non-hydrogen) atoms. The number of hydrogen-bond donors (Lipinski definition) is 1. The monoisotopic (exact) mass is 133 g/mol. The summed E-state index contributed by atoms with van der Waals surface area (Å²) in [6, 6.07) is 7.45. The van der Waals surface area contributed by atoms with E-state index in [1.54, 1.807) is 6.07 Å². The first-order valence-corrected chi connectivity index (χ1v) is 3.50. The highest BCUT2D eigenvalue weighted by molar-refractivity contribution is 5.41. The Hall–Kier alpha value is -0.980. The van der Waals surface area contributed by atoms with Crippen molar-refractivity contribution in [2.45, 2.75) is 12.8 Å². The number of benzene rings is 1. The van der Waals surface area contributed by atoms with Gasteiger partial charge in [0.1, 0.15) is 5.75 Å². The van der Waals surface area contributed by atoms with Crippen LogP contribution in [-0.2, 0) is 0 Å². The van der Waals surface area contributed by atoms with Crippen LogP contribution < -0.4 is 0 Å². The van der Waals surface area contributed by atoms with E-state index in [-0.39, 0.29) is 0 Å². The van der Waals surface area contributed by atoms with Crippen LogP contribution in [0.1, 0.15) is 18.4 Å². The molecule has 1 aromatic rings. The van der Waals surface area contributed by atoms with Crippen LogP contribution in [0.15, 0.2) is 24.3 Å². The molecule has 0 bridgehead atoms. The van der Waals surface area contributed by atoms with Gasteiger partial charge in [-0.3, -0.25) is 0 Å². The maximum atomic E-state index is 9.08. The summed E-state index contributed by atoms with van der Waals surface area (Å²) < 4.78 is 0. The third kappa shape index (κ3) is 0.991. The molecule has 1 saturated carbocycles. The summed E-state index contributed by atoms with van der Waals surface area (Å²) in [6.07, 6.45) is 2.42. The number of phenols is 1. The van der Waals surface area contributed by atoms with Gasteiger partial charge in [0.25, 0.3) is 0 Å². The maximum Gasteiger partial charge on any atom is 0.115 e. The second kappa shape index (κ2) is 2.01. The van der Waals surface area contributed by atoms with Crippen LogP contribution in [0.25, 0.3) is 0 Å². The predicted octanol–water partition coefficient (Wildman–Crippen LogP) is 2.11. The molecule has 0 unspecified atom stereocenters. The second-order valence-corrected chi connectivity index (χ2v) is 2.65. The number of hydrogen-bond acceptors (Lipinski definition) is 1. The summed E-state index contributed by atoms with van der Waals surface area (Å²) in [5, 5.41) is 9.08. The van der Waals surface area contributed by atoms with Crippen molar-refractivity contribution in [2.75, 3.05) is 0 Å². The van der Waals surface area contributed by atoms with Gasteiger partial charge in [-0.15, -0.1) is 0 Å². The Morgan fingerprint density at radius 3 is 2.60 bits per heavy atom. The van der Waals surface area contributed by atoms with Crippen molar-refractivity contribution in [1.82, 2.24) is 0 Å². The van der Waals surface area contributed by atoms with Crippen molar-refractivity contribution in [3.63, 3.8) is 0 Å². The third-order valence-electron chi connectivity index (χ3n) is 1.75. The molecule has 0 amide bonds. The van der Waals surface area contributed by atoms with Gasteiger partial charge in [0.2, 0.25) is 0 Å². The van der Waals surface area contributed by atoms with Crippen molar-refractivity contribution in [1.29, 1.82) is 0 Å². The summed E-state index contributed by atoms with van der Waals surface area (Å²) in [7, 11) is 0. The fourth-order valence-corrected chi connectivity index (χ4v) is 1.08. The largest absolute Gasteiger partial charge is 0.508 e. The molecule has 1 N–H and O–H groups in total. The summed E-state index contributed by atoms with van der Waals surface area (Å²) in [5.41, 5.74) is 1.21. The summed E-state index contributed by atoms with van der Waals surface area (Å²) in [5.74, 6) is 1.84. The van der Waals surface area contributed by atoms with E-state index >= 15 is 0 Å². The molecular formula is C9H9O. The van der Waals surface area contributed by atoms with Crippen LogP contribution in [0.4, 0.5) is 0 Å². The van der Waals surface area contributed by atoms with E-state index in [9.17, 15) is 0 Å². The van der Waals surface area contributed by atoms with Crippen molar-refractivity contribution < 1.29 is 5.11 Å². The SMILES string of the molecule is Oc1cccc([C]2CC2)c1. The Morgan fingerprint density at radius 2 is 2.00 bits per heavy atom. The topological polar surface area (TPSA) is 20.2 Å². The Labute approximate surface area is 60.3 Å². The third-order valence-corrected chi connectivity index (χ3v) is 1.75. The van der Waals surface area contributed by atoms with E-state index in [1.807, 2.05) is 18.2 Å². The molecule has 1 aliphatic rings. The molecule has 1 aliphatic carbocycles. The lowest BCUT2D eigenvalue weighted by Crippen LogP contribution is -1.76. The van der Waals surface area contributed by atoms with E-state index in [0.29, 0.717) is 5.75 Å². The smallest absolute Gasteiger partial charge is 0.115 e. The first-order valence-electron chi connectivity index (χ1n) is 3.50. The number of rotatable bonds is 1. The lowest BCUT2D eigenvalue weighted by atomic mass is 10.1. The lowest BCUT2D eigenvalue weighted by molar-refractivity contribution is 0.475. The van der Waals surface area contributed by atoms with Crippen LogP contribution in [-0.4, -0.2) is 5.11 Å². The first-order chi connectivity index (χ1) is 4.86. The highest BCUT2D eigenvalue weighted by atomic mass is 16.3. The normalized spacial score (nSPS) is 17.2. The molecule has 1 radical (unpaired) electrons. The summed E-state index contributed by atoms with van der Waals surface area (Å²) in [6.45, 7) is 0. The molecule has 1 aromatic carbocycles. The molecule has 0 atom stereocenters. The van der Waals surface area contributed by atoms with Crippen molar-refractivity contribution in [2.24, 2.45) is 0 Å². The number of phenolic OH excluding ortho intramolecular Hbond substituents is 1.